The van der Waals surface area contributed by atoms with Crippen molar-refractivity contribution in [3.05, 3.63) is 41.6 Å². The number of carboxylic acids is 1. The summed E-state index contributed by atoms with van der Waals surface area (Å²) < 4.78 is 6.63. The molecule has 1 amide bonds. The van der Waals surface area contributed by atoms with Gasteiger partial charge in [-0.05, 0) is 18.4 Å². The highest BCUT2D eigenvalue weighted by atomic mass is 16.4. The van der Waals surface area contributed by atoms with E-state index in [0.29, 0.717) is 6.54 Å². The van der Waals surface area contributed by atoms with Crippen LogP contribution < -0.4 is 5.32 Å². The van der Waals surface area contributed by atoms with Crippen LogP contribution in [0.25, 0.3) is 0 Å². The van der Waals surface area contributed by atoms with E-state index in [1.807, 2.05) is 13.2 Å². The first-order valence-corrected chi connectivity index (χ1v) is 6.14. The molecule has 0 saturated carbocycles. The number of nitrogens with one attached hydrogen (secondary N) is 1. The molecule has 2 heterocycles. The molecular formula is C13H15N3O4. The van der Waals surface area contributed by atoms with E-state index in [2.05, 4.69) is 10.4 Å². The highest BCUT2D eigenvalue weighted by Crippen LogP contribution is 2.07. The van der Waals surface area contributed by atoms with E-state index in [1.54, 1.807) is 10.9 Å². The predicted molar refractivity (Wildman–Crippen MR) is 69.5 cm³/mol. The maximum atomic E-state index is 11.7. The summed E-state index contributed by atoms with van der Waals surface area (Å²) in [4.78, 5) is 22.3. The van der Waals surface area contributed by atoms with Crippen LogP contribution in [0.2, 0.25) is 0 Å². The van der Waals surface area contributed by atoms with Crippen molar-refractivity contribution >= 4 is 11.9 Å². The standard InChI is InChI=1S/C13H15N3O4/c1-16-7-9(6-15-16)3-2-4-14-12(17)11-5-10(8-20-11)13(18)19/h5-8H,2-4H2,1H3,(H,14,17)(H,18,19). The van der Waals surface area contributed by atoms with Crippen molar-refractivity contribution in [2.45, 2.75) is 12.8 Å². The van der Waals surface area contributed by atoms with E-state index in [1.165, 1.54) is 6.07 Å². The third-order valence-electron chi connectivity index (χ3n) is 2.76. The Kier molecular flexibility index (Phi) is 4.19. The molecular weight excluding hydrogens is 262 g/mol. The fourth-order valence-corrected chi connectivity index (χ4v) is 1.75. The van der Waals surface area contributed by atoms with Gasteiger partial charge < -0.3 is 14.8 Å². The van der Waals surface area contributed by atoms with Gasteiger partial charge in [0.15, 0.2) is 5.76 Å². The van der Waals surface area contributed by atoms with Gasteiger partial charge in [-0.15, -0.1) is 0 Å². The Morgan fingerprint density at radius 2 is 2.30 bits per heavy atom. The molecule has 0 radical (unpaired) electrons. The molecule has 7 nitrogen and oxygen atoms in total. The monoisotopic (exact) mass is 277 g/mol. The summed E-state index contributed by atoms with van der Waals surface area (Å²) in [5, 5.41) is 15.5. The molecule has 0 bridgehead atoms. The fourth-order valence-electron chi connectivity index (χ4n) is 1.75. The van der Waals surface area contributed by atoms with Gasteiger partial charge in [0, 0.05) is 25.9 Å². The van der Waals surface area contributed by atoms with Gasteiger partial charge in [0.25, 0.3) is 5.91 Å². The predicted octanol–water partition coefficient (Wildman–Crippen LogP) is 1.07. The van der Waals surface area contributed by atoms with E-state index in [4.69, 9.17) is 9.52 Å². The highest BCUT2D eigenvalue weighted by molar-refractivity contribution is 5.95. The van der Waals surface area contributed by atoms with Crippen LogP contribution in [0.4, 0.5) is 0 Å². The number of aromatic carboxylic acids is 1. The highest BCUT2D eigenvalue weighted by Gasteiger charge is 2.13. The minimum Gasteiger partial charge on any atom is -0.478 e. The molecule has 2 rings (SSSR count). The first kappa shape index (κ1) is 13.9. The van der Waals surface area contributed by atoms with Crippen LogP contribution in [-0.4, -0.2) is 33.3 Å². The molecule has 0 aliphatic rings. The lowest BCUT2D eigenvalue weighted by Crippen LogP contribution is -2.24. The van der Waals surface area contributed by atoms with E-state index >= 15 is 0 Å². The van der Waals surface area contributed by atoms with Crippen LogP contribution >= 0.6 is 0 Å². The summed E-state index contributed by atoms with van der Waals surface area (Å²) in [5.74, 6) is -1.53. The van der Waals surface area contributed by atoms with Crippen molar-refractivity contribution in [2.24, 2.45) is 7.05 Å². The lowest BCUT2D eigenvalue weighted by molar-refractivity contribution is 0.0696. The first-order chi connectivity index (χ1) is 9.56. The van der Waals surface area contributed by atoms with Crippen molar-refractivity contribution < 1.29 is 19.1 Å². The molecule has 0 unspecified atom stereocenters. The third kappa shape index (κ3) is 3.47. The minimum absolute atomic E-state index is 0.00350. The zero-order valence-corrected chi connectivity index (χ0v) is 11.0. The molecule has 2 N–H and O–H groups in total. The Balaban J connectivity index is 1.75. The minimum atomic E-state index is -1.12. The van der Waals surface area contributed by atoms with Crippen LogP contribution in [0.3, 0.4) is 0 Å². The lowest BCUT2D eigenvalue weighted by atomic mass is 10.2. The summed E-state index contributed by atoms with van der Waals surface area (Å²) in [7, 11) is 1.85. The second-order valence-electron chi connectivity index (χ2n) is 4.39. The number of hydrogen-bond donors (Lipinski definition) is 2. The zero-order valence-electron chi connectivity index (χ0n) is 11.0. The summed E-state index contributed by atoms with van der Waals surface area (Å²) in [6.07, 6.45) is 6.34. The maximum absolute atomic E-state index is 11.7. The largest absolute Gasteiger partial charge is 0.478 e. The SMILES string of the molecule is Cn1cc(CCCNC(=O)c2cc(C(=O)O)co2)cn1. The number of aryl methyl sites for hydroxylation is 2. The number of amides is 1. The van der Waals surface area contributed by atoms with Crippen molar-refractivity contribution in [1.82, 2.24) is 15.1 Å². The molecule has 0 spiro atoms. The van der Waals surface area contributed by atoms with Crippen molar-refractivity contribution in [3.8, 4) is 0 Å². The van der Waals surface area contributed by atoms with Crippen LogP contribution in [0.15, 0.2) is 29.1 Å². The van der Waals surface area contributed by atoms with E-state index in [9.17, 15) is 9.59 Å². The molecule has 2 aromatic heterocycles. The van der Waals surface area contributed by atoms with Crippen molar-refractivity contribution in [2.75, 3.05) is 6.54 Å². The van der Waals surface area contributed by atoms with Gasteiger partial charge in [-0.25, -0.2) is 4.79 Å². The van der Waals surface area contributed by atoms with Crippen LogP contribution in [-0.2, 0) is 13.5 Å². The fraction of sp³-hybridized carbons (Fsp3) is 0.308. The van der Waals surface area contributed by atoms with Crippen LogP contribution in [0.1, 0.15) is 32.9 Å². The van der Waals surface area contributed by atoms with Gasteiger partial charge in [-0.3, -0.25) is 9.48 Å². The normalized spacial score (nSPS) is 10.4. The lowest BCUT2D eigenvalue weighted by Gasteiger charge is -2.01. The summed E-state index contributed by atoms with van der Waals surface area (Å²) in [6.45, 7) is 0.483. The quantitative estimate of drug-likeness (QED) is 0.770. The summed E-state index contributed by atoms with van der Waals surface area (Å²) >= 11 is 0. The van der Waals surface area contributed by atoms with Gasteiger partial charge in [-0.1, -0.05) is 0 Å². The topological polar surface area (TPSA) is 97.4 Å². The number of hydrogen-bond acceptors (Lipinski definition) is 4. The molecule has 0 fully saturated rings. The first-order valence-electron chi connectivity index (χ1n) is 6.14. The van der Waals surface area contributed by atoms with Crippen LogP contribution in [0.5, 0.6) is 0 Å². The smallest absolute Gasteiger partial charge is 0.338 e. The number of carbonyl (C=O) groups excluding carboxylic acids is 1. The molecule has 106 valence electrons. The Labute approximate surface area is 115 Å². The third-order valence-corrected chi connectivity index (χ3v) is 2.76. The van der Waals surface area contributed by atoms with E-state index in [0.717, 1.165) is 24.7 Å². The number of carboxylic acid groups (broad SMARTS) is 1. The van der Waals surface area contributed by atoms with Gasteiger partial charge in [0.05, 0.1) is 11.8 Å². The number of rotatable bonds is 6. The molecule has 0 saturated heterocycles. The Bertz CT molecular complexity index is 615. The average molecular weight is 277 g/mol. The van der Waals surface area contributed by atoms with Crippen molar-refractivity contribution in [1.29, 1.82) is 0 Å². The van der Waals surface area contributed by atoms with Gasteiger partial charge >= 0.3 is 5.97 Å². The summed E-state index contributed by atoms with van der Waals surface area (Å²) in [5.41, 5.74) is 1.07. The Hall–Kier alpha value is -2.57. The molecule has 0 aliphatic heterocycles. The van der Waals surface area contributed by atoms with Crippen LogP contribution in [0, 0.1) is 0 Å². The molecule has 0 aliphatic carbocycles. The number of aromatic nitrogens is 2. The second kappa shape index (κ2) is 6.05. The Morgan fingerprint density at radius 3 is 2.90 bits per heavy atom. The van der Waals surface area contributed by atoms with Gasteiger partial charge in [-0.2, -0.15) is 5.10 Å². The van der Waals surface area contributed by atoms with Crippen molar-refractivity contribution in [3.63, 3.8) is 0 Å². The molecule has 7 heteroatoms. The second-order valence-corrected chi connectivity index (χ2v) is 4.39. The molecule has 20 heavy (non-hydrogen) atoms. The number of carbonyl (C=O) groups is 2. The zero-order chi connectivity index (χ0) is 14.5. The van der Waals surface area contributed by atoms with Gasteiger partial charge in [0.1, 0.15) is 6.26 Å². The molecule has 2 aromatic rings. The maximum Gasteiger partial charge on any atom is 0.338 e. The number of furan rings is 1. The molecule has 0 aromatic carbocycles. The molecule has 0 atom stereocenters. The Morgan fingerprint density at radius 1 is 1.50 bits per heavy atom. The van der Waals surface area contributed by atoms with Gasteiger partial charge in [0.2, 0.25) is 0 Å². The summed E-state index contributed by atoms with van der Waals surface area (Å²) in [6, 6.07) is 1.21. The average Bonchev–Trinajstić information content (AvgIpc) is 3.03. The van der Waals surface area contributed by atoms with E-state index in [-0.39, 0.29) is 11.3 Å². The number of nitrogens with zero attached hydrogens (tertiary/aromatic N) is 2. The van der Waals surface area contributed by atoms with E-state index < -0.39 is 11.9 Å².